The second kappa shape index (κ2) is 7.25. The van der Waals surface area contributed by atoms with Crippen LogP contribution in [0.15, 0.2) is 58.2 Å². The van der Waals surface area contributed by atoms with Gasteiger partial charge in [-0.25, -0.2) is 13.2 Å². The molecule has 1 aromatic heterocycles. The predicted molar refractivity (Wildman–Crippen MR) is 105 cm³/mol. The zero-order chi connectivity index (χ0) is 19.7. The Morgan fingerprint density at radius 2 is 1.82 bits per heavy atom. The van der Waals surface area contributed by atoms with E-state index in [1.165, 1.54) is 4.31 Å². The van der Waals surface area contributed by atoms with E-state index in [0.717, 1.165) is 0 Å². The van der Waals surface area contributed by atoms with Crippen LogP contribution >= 0.6 is 0 Å². The fraction of sp³-hybridized carbons (Fsp3) is 0.263. The minimum absolute atomic E-state index is 0.145. The number of piperidine rings is 1. The molecule has 2 aromatic carbocycles. The monoisotopic (exact) mass is 400 g/mol. The molecule has 3 N–H and O–H groups in total. The van der Waals surface area contributed by atoms with Crippen molar-refractivity contribution in [3.05, 3.63) is 59.0 Å². The molecule has 0 saturated carbocycles. The molecular weight excluding hydrogens is 380 g/mol. The first-order chi connectivity index (χ1) is 13.4. The SMILES string of the molecule is O=C(Nc1ccc2[nH]c(=O)[nH]c2c1)[C@@H]1CCCN(S(=O)(=O)c2ccccc2)C1. The lowest BCUT2D eigenvalue weighted by Crippen LogP contribution is -2.43. The molecule has 0 bridgehead atoms. The number of nitrogens with zero attached hydrogens (tertiary/aromatic N) is 1. The van der Waals surface area contributed by atoms with Crippen molar-refractivity contribution in [3.63, 3.8) is 0 Å². The summed E-state index contributed by atoms with van der Waals surface area (Å²) >= 11 is 0. The fourth-order valence-electron chi connectivity index (χ4n) is 3.47. The largest absolute Gasteiger partial charge is 0.326 e. The number of fused-ring (bicyclic) bond motifs is 1. The summed E-state index contributed by atoms with van der Waals surface area (Å²) in [6, 6.07) is 13.3. The molecule has 1 saturated heterocycles. The first-order valence-corrected chi connectivity index (χ1v) is 10.5. The number of carbonyl (C=O) groups excluding carboxylic acids is 1. The van der Waals surface area contributed by atoms with Crippen molar-refractivity contribution in [2.75, 3.05) is 18.4 Å². The molecule has 1 atom stereocenters. The third-order valence-corrected chi connectivity index (χ3v) is 6.80. The lowest BCUT2D eigenvalue weighted by atomic mass is 9.98. The Kier molecular flexibility index (Phi) is 4.78. The lowest BCUT2D eigenvalue weighted by Gasteiger charge is -2.31. The number of aromatic amines is 2. The molecule has 9 heteroatoms. The number of nitrogens with one attached hydrogen (secondary N) is 3. The number of amides is 1. The normalized spacial score (nSPS) is 18.2. The van der Waals surface area contributed by atoms with Crippen LogP contribution in [0.25, 0.3) is 11.0 Å². The third-order valence-electron chi connectivity index (χ3n) is 4.92. The van der Waals surface area contributed by atoms with Crippen LogP contribution in [0.1, 0.15) is 12.8 Å². The number of aromatic nitrogens is 2. The van der Waals surface area contributed by atoms with Crippen LogP contribution in [-0.2, 0) is 14.8 Å². The van der Waals surface area contributed by atoms with Crippen LogP contribution in [0.3, 0.4) is 0 Å². The summed E-state index contributed by atoms with van der Waals surface area (Å²) in [5.74, 6) is -0.668. The van der Waals surface area contributed by atoms with Crippen LogP contribution in [0.2, 0.25) is 0 Å². The number of hydrogen-bond donors (Lipinski definition) is 3. The second-order valence-electron chi connectivity index (χ2n) is 6.84. The van der Waals surface area contributed by atoms with Crippen LogP contribution in [0.4, 0.5) is 5.69 Å². The van der Waals surface area contributed by atoms with Gasteiger partial charge < -0.3 is 15.3 Å². The molecular formula is C19H20N4O4S. The van der Waals surface area contributed by atoms with Gasteiger partial charge in [0.25, 0.3) is 0 Å². The molecule has 2 heterocycles. The van der Waals surface area contributed by atoms with Gasteiger partial charge in [0.15, 0.2) is 0 Å². The molecule has 0 aliphatic carbocycles. The molecule has 0 unspecified atom stereocenters. The number of hydrogen-bond acceptors (Lipinski definition) is 4. The Morgan fingerprint density at radius 3 is 2.61 bits per heavy atom. The average Bonchev–Trinajstić information content (AvgIpc) is 3.08. The van der Waals surface area contributed by atoms with Crippen molar-refractivity contribution < 1.29 is 13.2 Å². The van der Waals surface area contributed by atoms with Gasteiger partial charge in [-0.2, -0.15) is 4.31 Å². The summed E-state index contributed by atoms with van der Waals surface area (Å²) in [5, 5.41) is 2.83. The Balaban J connectivity index is 1.49. The number of anilines is 1. The van der Waals surface area contributed by atoms with E-state index in [1.54, 1.807) is 48.5 Å². The molecule has 1 aliphatic rings. The van der Waals surface area contributed by atoms with Crippen molar-refractivity contribution in [1.29, 1.82) is 0 Å². The third kappa shape index (κ3) is 3.58. The highest BCUT2D eigenvalue weighted by Crippen LogP contribution is 2.25. The smallest absolute Gasteiger partial charge is 0.323 e. The molecule has 8 nitrogen and oxygen atoms in total. The van der Waals surface area contributed by atoms with E-state index in [0.29, 0.717) is 36.1 Å². The molecule has 3 aromatic rings. The average molecular weight is 400 g/mol. The van der Waals surface area contributed by atoms with Crippen LogP contribution in [-0.4, -0.2) is 41.7 Å². The molecule has 0 spiro atoms. The maximum Gasteiger partial charge on any atom is 0.323 e. The molecule has 1 aliphatic heterocycles. The molecule has 28 heavy (non-hydrogen) atoms. The van der Waals surface area contributed by atoms with Gasteiger partial charge in [-0.05, 0) is 43.2 Å². The molecule has 146 valence electrons. The van der Waals surface area contributed by atoms with Crippen molar-refractivity contribution >= 4 is 32.7 Å². The minimum Gasteiger partial charge on any atom is -0.326 e. The van der Waals surface area contributed by atoms with Gasteiger partial charge in [0, 0.05) is 18.8 Å². The molecule has 1 fully saturated rings. The summed E-state index contributed by atoms with van der Waals surface area (Å²) in [4.78, 5) is 29.6. The quantitative estimate of drug-likeness (QED) is 0.620. The second-order valence-corrected chi connectivity index (χ2v) is 8.78. The van der Waals surface area contributed by atoms with Gasteiger partial charge in [-0.1, -0.05) is 18.2 Å². The summed E-state index contributed by atoms with van der Waals surface area (Å²) in [6.45, 7) is 0.545. The molecule has 1 amide bonds. The summed E-state index contributed by atoms with van der Waals surface area (Å²) in [7, 11) is -3.62. The van der Waals surface area contributed by atoms with Crippen LogP contribution in [0.5, 0.6) is 0 Å². The topological polar surface area (TPSA) is 115 Å². The number of carbonyl (C=O) groups is 1. The highest BCUT2D eigenvalue weighted by Gasteiger charge is 2.33. The Labute approximate surface area is 161 Å². The zero-order valence-electron chi connectivity index (χ0n) is 15.0. The van der Waals surface area contributed by atoms with Crippen molar-refractivity contribution in [2.24, 2.45) is 5.92 Å². The molecule has 0 radical (unpaired) electrons. The highest BCUT2D eigenvalue weighted by atomic mass is 32.2. The van der Waals surface area contributed by atoms with Gasteiger partial charge in [0.05, 0.1) is 21.8 Å². The maximum absolute atomic E-state index is 12.8. The Bertz CT molecular complexity index is 1170. The van der Waals surface area contributed by atoms with Gasteiger partial charge in [0.2, 0.25) is 15.9 Å². The van der Waals surface area contributed by atoms with E-state index >= 15 is 0 Å². The van der Waals surface area contributed by atoms with E-state index in [1.807, 2.05) is 0 Å². The number of sulfonamides is 1. The summed E-state index contributed by atoms with van der Waals surface area (Å²) < 4.78 is 27.0. The number of benzene rings is 2. The Morgan fingerprint density at radius 1 is 1.07 bits per heavy atom. The zero-order valence-corrected chi connectivity index (χ0v) is 15.8. The first-order valence-electron chi connectivity index (χ1n) is 9.01. The summed E-state index contributed by atoms with van der Waals surface area (Å²) in [5.41, 5.74) is 1.49. The standard InChI is InChI=1S/C19H20N4O4S/c24-18(20-14-8-9-16-17(11-14)22-19(25)21-16)13-5-4-10-23(12-13)28(26,27)15-6-2-1-3-7-15/h1-3,6-9,11,13H,4-5,10,12H2,(H,20,24)(H2,21,22,25)/t13-/m1/s1. The van der Waals surface area contributed by atoms with Gasteiger partial charge in [-0.15, -0.1) is 0 Å². The lowest BCUT2D eigenvalue weighted by molar-refractivity contribution is -0.120. The number of rotatable bonds is 4. The maximum atomic E-state index is 12.8. The van der Waals surface area contributed by atoms with E-state index in [-0.39, 0.29) is 23.0 Å². The predicted octanol–water partition coefficient (Wildman–Crippen LogP) is 1.90. The van der Waals surface area contributed by atoms with Crippen LogP contribution < -0.4 is 11.0 Å². The first kappa shape index (κ1) is 18.5. The van der Waals surface area contributed by atoms with Gasteiger partial charge in [0.1, 0.15) is 0 Å². The van der Waals surface area contributed by atoms with E-state index in [9.17, 15) is 18.0 Å². The van der Waals surface area contributed by atoms with E-state index < -0.39 is 15.9 Å². The van der Waals surface area contributed by atoms with E-state index in [2.05, 4.69) is 15.3 Å². The Hall–Kier alpha value is -2.91. The van der Waals surface area contributed by atoms with Gasteiger partial charge >= 0.3 is 5.69 Å². The number of H-pyrrole nitrogens is 2. The van der Waals surface area contributed by atoms with Crippen molar-refractivity contribution in [3.8, 4) is 0 Å². The van der Waals surface area contributed by atoms with Crippen molar-refractivity contribution in [2.45, 2.75) is 17.7 Å². The minimum atomic E-state index is -3.62. The van der Waals surface area contributed by atoms with E-state index in [4.69, 9.17) is 0 Å². The number of imidazole rings is 1. The summed E-state index contributed by atoms with van der Waals surface area (Å²) in [6.07, 6.45) is 1.24. The fourth-order valence-corrected chi connectivity index (χ4v) is 5.02. The molecule has 4 rings (SSSR count). The highest BCUT2D eigenvalue weighted by molar-refractivity contribution is 7.89. The van der Waals surface area contributed by atoms with Crippen LogP contribution in [0, 0.1) is 5.92 Å². The van der Waals surface area contributed by atoms with Gasteiger partial charge in [-0.3, -0.25) is 4.79 Å². The van der Waals surface area contributed by atoms with Crippen molar-refractivity contribution in [1.82, 2.24) is 14.3 Å².